The molecule has 0 radical (unpaired) electrons. The Morgan fingerprint density at radius 2 is 2.27 bits per heavy atom. The second-order valence-electron chi connectivity index (χ2n) is 2.52. The molecule has 1 aromatic heterocycles. The third-order valence-electron chi connectivity index (χ3n) is 1.57. The number of esters is 1. The van der Waals surface area contributed by atoms with Crippen LogP contribution in [0.3, 0.4) is 0 Å². The third-order valence-corrected chi connectivity index (χ3v) is 2.43. The van der Waals surface area contributed by atoms with Crippen LogP contribution in [0.15, 0.2) is 6.07 Å². The lowest BCUT2D eigenvalue weighted by molar-refractivity contribution is 0.0588. The maximum absolute atomic E-state index is 12.4. The van der Waals surface area contributed by atoms with Crippen molar-refractivity contribution in [2.24, 2.45) is 0 Å². The average molecular weight is 329 g/mol. The van der Waals surface area contributed by atoms with Crippen molar-refractivity contribution in [1.82, 2.24) is 4.98 Å². The van der Waals surface area contributed by atoms with Crippen LogP contribution in [0.5, 0.6) is 5.75 Å². The number of carbonyl (C=O) groups is 1. The molecule has 0 saturated carbocycles. The van der Waals surface area contributed by atoms with Crippen LogP contribution in [-0.2, 0) is 4.74 Å². The minimum Gasteiger partial charge on any atom is -0.505 e. The van der Waals surface area contributed by atoms with Crippen molar-refractivity contribution in [2.45, 2.75) is 6.43 Å². The Labute approximate surface area is 97.4 Å². The van der Waals surface area contributed by atoms with Crippen LogP contribution in [0.1, 0.15) is 22.6 Å². The summed E-state index contributed by atoms with van der Waals surface area (Å²) in [5.74, 6) is -1.43. The molecule has 1 heterocycles. The van der Waals surface area contributed by atoms with E-state index in [2.05, 4.69) is 9.72 Å². The molecule has 7 heteroatoms. The van der Waals surface area contributed by atoms with Crippen molar-refractivity contribution in [2.75, 3.05) is 7.11 Å². The van der Waals surface area contributed by atoms with Gasteiger partial charge in [0.2, 0.25) is 0 Å². The molecule has 0 aliphatic rings. The van der Waals surface area contributed by atoms with E-state index in [0.29, 0.717) is 0 Å². The highest BCUT2D eigenvalue weighted by Crippen LogP contribution is 2.27. The van der Waals surface area contributed by atoms with Gasteiger partial charge in [-0.1, -0.05) is 0 Å². The van der Waals surface area contributed by atoms with Crippen molar-refractivity contribution in [3.05, 3.63) is 21.0 Å². The molecule has 0 amide bonds. The van der Waals surface area contributed by atoms with Crippen LogP contribution in [0.2, 0.25) is 0 Å². The summed E-state index contributed by atoms with van der Waals surface area (Å²) in [6, 6.07) is 1.04. The summed E-state index contributed by atoms with van der Waals surface area (Å²) in [4.78, 5) is 14.4. The Bertz CT molecular complexity index is 398. The van der Waals surface area contributed by atoms with Crippen LogP contribution in [0, 0.1) is 3.57 Å². The van der Waals surface area contributed by atoms with Crippen LogP contribution >= 0.6 is 22.6 Å². The van der Waals surface area contributed by atoms with E-state index in [9.17, 15) is 18.7 Å². The van der Waals surface area contributed by atoms with Crippen molar-refractivity contribution in [3.8, 4) is 5.75 Å². The molecule has 15 heavy (non-hydrogen) atoms. The van der Waals surface area contributed by atoms with Gasteiger partial charge in [0.1, 0.15) is 11.4 Å². The number of methoxy groups -OCH3 is 1. The molecule has 1 N–H and O–H groups in total. The fourth-order valence-electron chi connectivity index (χ4n) is 0.893. The van der Waals surface area contributed by atoms with Gasteiger partial charge in [-0.15, -0.1) is 0 Å². The maximum atomic E-state index is 12.4. The van der Waals surface area contributed by atoms with Crippen molar-refractivity contribution < 1.29 is 23.4 Å². The molecular formula is C8H6F2INO3. The van der Waals surface area contributed by atoms with Gasteiger partial charge in [-0.3, -0.25) is 0 Å². The monoisotopic (exact) mass is 329 g/mol. The predicted molar refractivity (Wildman–Crippen MR) is 54.9 cm³/mol. The quantitative estimate of drug-likeness (QED) is 0.667. The van der Waals surface area contributed by atoms with E-state index in [4.69, 9.17) is 0 Å². The predicted octanol–water partition coefficient (Wildman–Crippen LogP) is 2.12. The molecule has 1 rings (SSSR count). The lowest BCUT2D eigenvalue weighted by Gasteiger charge is -2.06. The Kier molecular flexibility index (Phi) is 3.77. The molecule has 4 nitrogen and oxygen atoms in total. The number of carbonyl (C=O) groups excluding carboxylic acids is 1. The van der Waals surface area contributed by atoms with Crippen LogP contribution in [0.25, 0.3) is 0 Å². The zero-order chi connectivity index (χ0) is 11.6. The minimum absolute atomic E-state index is 0.0905. The topological polar surface area (TPSA) is 59.4 Å². The Morgan fingerprint density at radius 3 is 2.73 bits per heavy atom. The lowest BCUT2D eigenvalue weighted by atomic mass is 10.3. The Hall–Kier alpha value is -0.990. The smallest absolute Gasteiger partial charge is 0.360 e. The molecule has 0 aromatic carbocycles. The molecular weight excluding hydrogens is 323 g/mol. The largest absolute Gasteiger partial charge is 0.505 e. The van der Waals surface area contributed by atoms with E-state index >= 15 is 0 Å². The molecule has 0 fully saturated rings. The lowest BCUT2D eigenvalue weighted by Crippen LogP contribution is -2.08. The van der Waals surface area contributed by atoms with Gasteiger partial charge in [0.05, 0.1) is 7.11 Å². The van der Waals surface area contributed by atoms with Crippen LogP contribution in [-0.4, -0.2) is 23.2 Å². The molecule has 82 valence electrons. The summed E-state index contributed by atoms with van der Waals surface area (Å²) in [5, 5.41) is 9.29. The molecule has 1 aromatic rings. The first-order valence-corrected chi connectivity index (χ1v) is 4.81. The maximum Gasteiger partial charge on any atom is 0.360 e. The molecule has 0 aliphatic heterocycles. The second kappa shape index (κ2) is 4.69. The summed E-state index contributed by atoms with van der Waals surface area (Å²) in [6.07, 6.45) is -2.80. The summed E-state index contributed by atoms with van der Waals surface area (Å²) in [7, 11) is 1.07. The highest BCUT2D eigenvalue weighted by molar-refractivity contribution is 14.1. The van der Waals surface area contributed by atoms with Gasteiger partial charge in [0, 0.05) is 3.57 Å². The molecule has 0 aliphatic carbocycles. The summed E-state index contributed by atoms with van der Waals surface area (Å²) >= 11 is 1.60. The van der Waals surface area contributed by atoms with Gasteiger partial charge in [0.25, 0.3) is 6.43 Å². The number of alkyl halides is 2. The second-order valence-corrected chi connectivity index (χ2v) is 3.68. The Balaban J connectivity index is 3.29. The molecule has 0 saturated heterocycles. The summed E-state index contributed by atoms with van der Waals surface area (Å²) in [6.45, 7) is 0. The van der Waals surface area contributed by atoms with Crippen molar-refractivity contribution in [3.63, 3.8) is 0 Å². The number of aromatic nitrogens is 1. The zero-order valence-electron chi connectivity index (χ0n) is 7.50. The zero-order valence-corrected chi connectivity index (χ0v) is 9.66. The minimum atomic E-state index is -2.80. The van der Waals surface area contributed by atoms with E-state index in [-0.39, 0.29) is 3.57 Å². The number of rotatable bonds is 2. The standard InChI is InChI=1S/C8H6F2INO3/c1-15-8(14)6-4(13)2-3(11)5(12-6)7(9)10/h2,7,13H,1H3. The number of hydrogen-bond acceptors (Lipinski definition) is 4. The van der Waals surface area contributed by atoms with Gasteiger partial charge >= 0.3 is 5.97 Å². The van der Waals surface area contributed by atoms with Crippen molar-refractivity contribution >= 4 is 28.6 Å². The first-order chi connectivity index (χ1) is 6.97. The van der Waals surface area contributed by atoms with Gasteiger partial charge in [-0.2, -0.15) is 0 Å². The first-order valence-electron chi connectivity index (χ1n) is 3.73. The average Bonchev–Trinajstić information content (AvgIpc) is 2.16. The van der Waals surface area contributed by atoms with Crippen LogP contribution in [0.4, 0.5) is 8.78 Å². The summed E-state index contributed by atoms with van der Waals surface area (Å²) in [5.41, 5.74) is -1.05. The van der Waals surface area contributed by atoms with E-state index in [1.54, 1.807) is 22.6 Å². The van der Waals surface area contributed by atoms with Crippen molar-refractivity contribution in [1.29, 1.82) is 0 Å². The number of aromatic hydroxyl groups is 1. The molecule has 0 bridgehead atoms. The third kappa shape index (κ3) is 2.52. The van der Waals surface area contributed by atoms with Crippen LogP contribution < -0.4 is 0 Å². The van der Waals surface area contributed by atoms with Gasteiger partial charge in [0.15, 0.2) is 5.69 Å². The fourth-order valence-corrected chi connectivity index (χ4v) is 1.54. The Morgan fingerprint density at radius 1 is 1.67 bits per heavy atom. The van der Waals surface area contributed by atoms with E-state index < -0.39 is 29.5 Å². The van der Waals surface area contributed by atoms with E-state index in [1.807, 2.05) is 0 Å². The normalized spacial score (nSPS) is 10.5. The number of hydrogen-bond donors (Lipinski definition) is 1. The van der Waals surface area contributed by atoms with E-state index in [1.165, 1.54) is 0 Å². The number of nitrogens with zero attached hydrogens (tertiary/aromatic N) is 1. The van der Waals surface area contributed by atoms with Gasteiger partial charge in [-0.25, -0.2) is 18.6 Å². The highest BCUT2D eigenvalue weighted by atomic mass is 127. The number of ether oxygens (including phenoxy) is 1. The van der Waals surface area contributed by atoms with Gasteiger partial charge < -0.3 is 9.84 Å². The molecule has 0 unspecified atom stereocenters. The van der Waals surface area contributed by atoms with E-state index in [0.717, 1.165) is 13.2 Å². The highest BCUT2D eigenvalue weighted by Gasteiger charge is 2.21. The molecule has 0 atom stereocenters. The molecule has 0 spiro atoms. The van der Waals surface area contributed by atoms with Gasteiger partial charge in [-0.05, 0) is 28.7 Å². The number of halogens is 3. The fraction of sp³-hybridized carbons (Fsp3) is 0.250. The number of pyridine rings is 1. The first kappa shape index (κ1) is 12.1. The SMILES string of the molecule is COC(=O)c1nc(C(F)F)c(I)cc1O. The summed E-state index contributed by atoms with van der Waals surface area (Å²) < 4.78 is 29.2.